The summed E-state index contributed by atoms with van der Waals surface area (Å²) < 4.78 is 27.7. The van der Waals surface area contributed by atoms with Gasteiger partial charge in [-0.25, -0.2) is 0 Å². The molecule has 0 N–H and O–H groups in total. The van der Waals surface area contributed by atoms with Crippen LogP contribution in [0.3, 0.4) is 0 Å². The molecule has 0 heterocycles. The summed E-state index contributed by atoms with van der Waals surface area (Å²) in [4.78, 5) is 0. The number of hydrogen-bond donors (Lipinski definition) is 0. The normalized spacial score (nSPS) is 12.0. The zero-order valence-electron chi connectivity index (χ0n) is 29.1. The van der Waals surface area contributed by atoms with Gasteiger partial charge >= 0.3 is 299 Å². The van der Waals surface area contributed by atoms with Gasteiger partial charge in [0.15, 0.2) is 0 Å². The van der Waals surface area contributed by atoms with Gasteiger partial charge in [0.2, 0.25) is 0 Å². The minimum absolute atomic E-state index is 0.705. The van der Waals surface area contributed by atoms with Crippen molar-refractivity contribution in [1.82, 2.24) is 0 Å². The van der Waals surface area contributed by atoms with Crippen molar-refractivity contribution in [2.24, 2.45) is 0 Å². The van der Waals surface area contributed by atoms with Crippen LogP contribution in [0.15, 0.2) is 121 Å². The summed E-state index contributed by atoms with van der Waals surface area (Å²) in [6, 6.07) is 43.5. The maximum atomic E-state index is 8.06. The van der Waals surface area contributed by atoms with Crippen LogP contribution < -0.4 is 14.3 Å². The van der Waals surface area contributed by atoms with Gasteiger partial charge in [-0.2, -0.15) is 0 Å². The quantitative estimate of drug-likeness (QED) is 0.0521. The molecular weight excluding hydrogens is 790 g/mol. The van der Waals surface area contributed by atoms with Crippen LogP contribution in [0, 0.1) is 0 Å². The Morgan fingerprint density at radius 3 is 0.872 bits per heavy atom. The summed E-state index contributed by atoms with van der Waals surface area (Å²) in [5.41, 5.74) is 0. The summed E-state index contributed by atoms with van der Waals surface area (Å²) in [5, 5.41) is 0. The summed E-state index contributed by atoms with van der Waals surface area (Å²) >= 11 is -8.69. The van der Waals surface area contributed by atoms with Crippen LogP contribution in [0.25, 0.3) is 0 Å². The molecule has 252 valence electrons. The Labute approximate surface area is 296 Å². The first-order valence-electron chi connectivity index (χ1n) is 18.5. The summed E-state index contributed by atoms with van der Waals surface area (Å²) in [5.74, 6) is 0. The third-order valence-electron chi connectivity index (χ3n) is 9.01. The molecule has 4 aromatic rings. The van der Waals surface area contributed by atoms with E-state index in [0.717, 1.165) is 12.8 Å². The van der Waals surface area contributed by atoms with Gasteiger partial charge in [0.1, 0.15) is 0 Å². The second kappa shape index (κ2) is 22.1. The van der Waals surface area contributed by atoms with E-state index in [1.165, 1.54) is 91.4 Å². The van der Waals surface area contributed by atoms with Crippen LogP contribution in [0.5, 0.6) is 0 Å². The molecule has 0 spiro atoms. The molecule has 0 radical (unpaired) electrons. The van der Waals surface area contributed by atoms with E-state index < -0.39 is 38.4 Å². The molecule has 0 aromatic heterocycles. The molecule has 0 saturated carbocycles. The van der Waals surface area contributed by atoms with E-state index in [1.807, 2.05) is 0 Å². The van der Waals surface area contributed by atoms with Crippen LogP contribution in [-0.2, 0) is 7.56 Å². The number of benzene rings is 4. The first kappa shape index (κ1) is 38.2. The topological polar surface area (TPSA) is 27.7 Å². The first-order chi connectivity index (χ1) is 23.2. The van der Waals surface area contributed by atoms with E-state index in [9.17, 15) is 0 Å². The third-order valence-corrected chi connectivity index (χ3v) is 37.6. The molecule has 0 saturated heterocycles. The SMILES string of the molecule is CCCCCCCCC[O][Sn]([O][Sn]([O]CCCCCCCCC)([c]1ccccc1)[c]1ccccc1)([c]1ccccc1)[c]1ccccc1. The molecular formula is C42H58O3Sn2. The molecule has 4 rings (SSSR count). The zero-order chi connectivity index (χ0) is 32.9. The Bertz CT molecular complexity index is 1150. The minimum atomic E-state index is -4.34. The number of rotatable bonds is 24. The second-order valence-electron chi connectivity index (χ2n) is 12.7. The van der Waals surface area contributed by atoms with E-state index in [1.54, 1.807) is 0 Å². The van der Waals surface area contributed by atoms with Gasteiger partial charge in [-0.1, -0.05) is 0 Å². The Balaban J connectivity index is 1.73. The van der Waals surface area contributed by atoms with E-state index in [0.29, 0.717) is 13.2 Å². The average molecular weight is 848 g/mol. The Morgan fingerprint density at radius 2 is 0.596 bits per heavy atom. The predicted molar refractivity (Wildman–Crippen MR) is 205 cm³/mol. The average Bonchev–Trinajstić information content (AvgIpc) is 3.14. The van der Waals surface area contributed by atoms with Crippen LogP contribution in [0.4, 0.5) is 0 Å². The van der Waals surface area contributed by atoms with Crippen LogP contribution in [-0.4, -0.2) is 51.6 Å². The molecule has 0 unspecified atom stereocenters. The second-order valence-corrected chi connectivity index (χ2v) is 32.5. The van der Waals surface area contributed by atoms with Crippen molar-refractivity contribution in [3.63, 3.8) is 0 Å². The third kappa shape index (κ3) is 11.7. The van der Waals surface area contributed by atoms with Crippen molar-refractivity contribution < 1.29 is 7.56 Å². The molecule has 0 aliphatic heterocycles. The first-order valence-corrected chi connectivity index (χ1v) is 28.8. The van der Waals surface area contributed by atoms with Gasteiger partial charge in [0.05, 0.1) is 0 Å². The summed E-state index contributed by atoms with van der Waals surface area (Å²) in [7, 11) is 0. The number of unbranched alkanes of at least 4 members (excludes halogenated alkanes) is 12. The van der Waals surface area contributed by atoms with E-state index in [-0.39, 0.29) is 0 Å². The zero-order valence-corrected chi connectivity index (χ0v) is 34.8. The van der Waals surface area contributed by atoms with Crippen molar-refractivity contribution in [3.05, 3.63) is 121 Å². The number of hydrogen-bond acceptors (Lipinski definition) is 3. The monoisotopic (exact) mass is 850 g/mol. The molecule has 0 bridgehead atoms. The van der Waals surface area contributed by atoms with Crippen LogP contribution >= 0.6 is 0 Å². The van der Waals surface area contributed by atoms with Crippen LogP contribution in [0.2, 0.25) is 0 Å². The van der Waals surface area contributed by atoms with Crippen molar-refractivity contribution in [2.75, 3.05) is 13.2 Å². The van der Waals surface area contributed by atoms with Gasteiger partial charge in [-0.15, -0.1) is 0 Å². The standard InChI is InChI=1S/2C9H19O.4C6H5.O.2Sn/c2*1-2-3-4-5-6-7-8-9-10;4*1-2-4-6-5-3-1;;;/h2*2-9H2,1H3;4*1-5H;;;/q2*-1;;;;;;2*+1. The molecule has 3 nitrogen and oxygen atoms in total. The molecule has 0 aliphatic carbocycles. The van der Waals surface area contributed by atoms with E-state index in [4.69, 9.17) is 7.56 Å². The van der Waals surface area contributed by atoms with Gasteiger partial charge in [0, 0.05) is 0 Å². The fourth-order valence-corrected chi connectivity index (χ4v) is 41.7. The van der Waals surface area contributed by atoms with Gasteiger partial charge in [-0.05, 0) is 0 Å². The Hall–Kier alpha value is -1.64. The van der Waals surface area contributed by atoms with E-state index in [2.05, 4.69) is 135 Å². The van der Waals surface area contributed by atoms with Crippen molar-refractivity contribution >= 4 is 52.7 Å². The fraction of sp³-hybridized carbons (Fsp3) is 0.429. The Morgan fingerprint density at radius 1 is 0.340 bits per heavy atom. The molecule has 4 aromatic carbocycles. The molecule has 0 fully saturated rings. The maximum absolute atomic E-state index is 8.06. The molecule has 0 amide bonds. The summed E-state index contributed by atoms with van der Waals surface area (Å²) in [6.45, 7) is 5.97. The van der Waals surface area contributed by atoms with E-state index >= 15 is 0 Å². The van der Waals surface area contributed by atoms with Gasteiger partial charge in [-0.3, -0.25) is 0 Å². The molecule has 0 atom stereocenters. The molecule has 0 aliphatic rings. The molecule has 47 heavy (non-hydrogen) atoms. The fourth-order valence-electron chi connectivity index (χ4n) is 6.34. The molecule has 5 heteroatoms. The predicted octanol–water partition coefficient (Wildman–Crippen LogP) is 9.05. The van der Waals surface area contributed by atoms with Crippen LogP contribution in [0.1, 0.15) is 104 Å². The Kier molecular flexibility index (Phi) is 18.0. The van der Waals surface area contributed by atoms with Crippen molar-refractivity contribution in [2.45, 2.75) is 104 Å². The van der Waals surface area contributed by atoms with Gasteiger partial charge < -0.3 is 0 Å². The van der Waals surface area contributed by atoms with Crippen molar-refractivity contribution in [1.29, 1.82) is 0 Å². The summed E-state index contributed by atoms with van der Waals surface area (Å²) in [6.07, 6.45) is 17.5. The van der Waals surface area contributed by atoms with Crippen molar-refractivity contribution in [3.8, 4) is 0 Å². The van der Waals surface area contributed by atoms with Gasteiger partial charge in [0.25, 0.3) is 0 Å².